The summed E-state index contributed by atoms with van der Waals surface area (Å²) in [6, 6.07) is 17.1. The molecule has 1 heterocycles. The van der Waals surface area contributed by atoms with Gasteiger partial charge in [-0.15, -0.1) is 0 Å². The molecule has 0 unspecified atom stereocenters. The standard InChI is InChI=1S/C21H14F2N2O2/c22-15-8-5-13(6-9-15)12-27-19-10-7-14(11-17(19)23)20-24-18-4-2-1-3-16(18)21(26)25-20/h1-11H,12H2,(H,24,25,26). The van der Waals surface area contributed by atoms with Crippen LogP contribution in [0, 0.1) is 11.6 Å². The maximum Gasteiger partial charge on any atom is 0.259 e. The van der Waals surface area contributed by atoms with Crippen molar-refractivity contribution in [1.82, 2.24) is 9.97 Å². The predicted octanol–water partition coefficient (Wildman–Crippen LogP) is 4.45. The van der Waals surface area contributed by atoms with E-state index < -0.39 is 5.82 Å². The van der Waals surface area contributed by atoms with Gasteiger partial charge in [0.2, 0.25) is 0 Å². The number of rotatable bonds is 4. The van der Waals surface area contributed by atoms with E-state index in [1.165, 1.54) is 24.3 Å². The first-order valence-electron chi connectivity index (χ1n) is 8.26. The molecule has 1 aromatic heterocycles. The first kappa shape index (κ1) is 16.9. The number of ether oxygens (including phenoxy) is 1. The number of aromatic amines is 1. The van der Waals surface area contributed by atoms with Gasteiger partial charge in [0.1, 0.15) is 18.2 Å². The van der Waals surface area contributed by atoms with Crippen LogP contribution in [-0.4, -0.2) is 9.97 Å². The van der Waals surface area contributed by atoms with Crippen LogP contribution in [0.1, 0.15) is 5.56 Å². The van der Waals surface area contributed by atoms with Gasteiger partial charge in [0.15, 0.2) is 11.6 Å². The third-order valence-corrected chi connectivity index (χ3v) is 4.13. The minimum Gasteiger partial charge on any atom is -0.486 e. The first-order valence-corrected chi connectivity index (χ1v) is 8.26. The number of nitrogens with zero attached hydrogens (tertiary/aromatic N) is 1. The third-order valence-electron chi connectivity index (χ3n) is 4.13. The lowest BCUT2D eigenvalue weighted by Crippen LogP contribution is -2.09. The molecular weight excluding hydrogens is 350 g/mol. The first-order chi connectivity index (χ1) is 13.1. The Hall–Kier alpha value is -3.54. The molecule has 6 heteroatoms. The second kappa shape index (κ2) is 6.99. The Bertz CT molecular complexity index is 1170. The molecule has 0 radical (unpaired) electrons. The van der Waals surface area contributed by atoms with Gasteiger partial charge >= 0.3 is 0 Å². The number of nitrogens with one attached hydrogen (secondary N) is 1. The zero-order valence-electron chi connectivity index (χ0n) is 14.1. The maximum atomic E-state index is 14.4. The van der Waals surface area contributed by atoms with Crippen molar-refractivity contribution in [3.63, 3.8) is 0 Å². The van der Waals surface area contributed by atoms with Crippen LogP contribution in [0.25, 0.3) is 22.3 Å². The summed E-state index contributed by atoms with van der Waals surface area (Å²) in [5, 5.41) is 0.473. The van der Waals surface area contributed by atoms with Crippen molar-refractivity contribution in [2.45, 2.75) is 6.61 Å². The molecule has 0 aliphatic heterocycles. The van der Waals surface area contributed by atoms with Gasteiger partial charge in [-0.05, 0) is 48.0 Å². The normalized spacial score (nSPS) is 10.9. The van der Waals surface area contributed by atoms with Crippen LogP contribution >= 0.6 is 0 Å². The highest BCUT2D eigenvalue weighted by molar-refractivity contribution is 5.79. The molecule has 0 fully saturated rings. The Morgan fingerprint density at radius 1 is 0.963 bits per heavy atom. The van der Waals surface area contributed by atoms with E-state index in [9.17, 15) is 13.6 Å². The zero-order valence-corrected chi connectivity index (χ0v) is 14.1. The van der Waals surface area contributed by atoms with Gasteiger partial charge in [0.25, 0.3) is 5.56 Å². The van der Waals surface area contributed by atoms with Crippen molar-refractivity contribution in [2.24, 2.45) is 0 Å². The van der Waals surface area contributed by atoms with Gasteiger partial charge in [-0.3, -0.25) is 4.79 Å². The minimum atomic E-state index is -0.578. The molecule has 4 rings (SSSR count). The lowest BCUT2D eigenvalue weighted by molar-refractivity contribution is 0.290. The SMILES string of the molecule is O=c1[nH]c(-c2ccc(OCc3ccc(F)cc3)c(F)c2)nc2ccccc12. The molecule has 1 N–H and O–H groups in total. The molecule has 0 aliphatic carbocycles. The number of benzene rings is 3. The number of hydrogen-bond donors (Lipinski definition) is 1. The van der Waals surface area contributed by atoms with Crippen molar-refractivity contribution >= 4 is 10.9 Å². The molecular formula is C21H14F2N2O2. The molecule has 0 saturated carbocycles. The van der Waals surface area contributed by atoms with Crippen LogP contribution in [-0.2, 0) is 6.61 Å². The third kappa shape index (κ3) is 3.55. The average Bonchev–Trinajstić information content (AvgIpc) is 2.68. The van der Waals surface area contributed by atoms with E-state index in [0.29, 0.717) is 16.5 Å². The predicted molar refractivity (Wildman–Crippen MR) is 98.5 cm³/mol. The summed E-state index contributed by atoms with van der Waals surface area (Å²) in [5.74, 6) is -0.578. The van der Waals surface area contributed by atoms with E-state index in [-0.39, 0.29) is 29.6 Å². The highest BCUT2D eigenvalue weighted by Crippen LogP contribution is 2.24. The summed E-state index contributed by atoms with van der Waals surface area (Å²) in [6.45, 7) is 0.113. The van der Waals surface area contributed by atoms with Gasteiger partial charge in [-0.2, -0.15) is 0 Å². The summed E-state index contributed by atoms with van der Waals surface area (Å²) in [7, 11) is 0. The molecule has 0 amide bonds. The molecule has 4 aromatic rings. The van der Waals surface area contributed by atoms with Crippen molar-refractivity contribution in [1.29, 1.82) is 0 Å². The van der Waals surface area contributed by atoms with Gasteiger partial charge in [-0.1, -0.05) is 24.3 Å². The second-order valence-corrected chi connectivity index (χ2v) is 5.99. The Balaban J connectivity index is 1.60. The average molecular weight is 364 g/mol. The Morgan fingerprint density at radius 3 is 2.52 bits per heavy atom. The molecule has 0 atom stereocenters. The van der Waals surface area contributed by atoms with Crippen LogP contribution in [0.15, 0.2) is 71.5 Å². The lowest BCUT2D eigenvalue weighted by Gasteiger charge is -2.09. The van der Waals surface area contributed by atoms with Gasteiger partial charge in [0.05, 0.1) is 10.9 Å². The molecule has 0 saturated heterocycles. The molecule has 0 bridgehead atoms. The lowest BCUT2D eigenvalue weighted by atomic mass is 10.1. The molecule has 0 aliphatic rings. The number of fused-ring (bicyclic) bond motifs is 1. The van der Waals surface area contributed by atoms with E-state index in [1.54, 1.807) is 42.5 Å². The van der Waals surface area contributed by atoms with E-state index in [1.807, 2.05) is 0 Å². The maximum absolute atomic E-state index is 14.4. The van der Waals surface area contributed by atoms with Crippen LogP contribution in [0.4, 0.5) is 8.78 Å². The Kier molecular flexibility index (Phi) is 4.38. The van der Waals surface area contributed by atoms with Crippen molar-refractivity contribution in [2.75, 3.05) is 0 Å². The number of H-pyrrole nitrogens is 1. The summed E-state index contributed by atoms with van der Waals surface area (Å²) in [5.41, 5.74) is 1.41. The van der Waals surface area contributed by atoms with E-state index in [2.05, 4.69) is 9.97 Å². The summed E-state index contributed by atoms with van der Waals surface area (Å²) < 4.78 is 32.8. The van der Waals surface area contributed by atoms with E-state index in [4.69, 9.17) is 4.74 Å². The molecule has 3 aromatic carbocycles. The Labute approximate surface area is 153 Å². The smallest absolute Gasteiger partial charge is 0.259 e. The monoisotopic (exact) mass is 364 g/mol. The number of halogens is 2. The van der Waals surface area contributed by atoms with Gasteiger partial charge < -0.3 is 9.72 Å². The summed E-state index contributed by atoms with van der Waals surface area (Å²) in [6.07, 6.45) is 0. The number of para-hydroxylation sites is 1. The fourth-order valence-electron chi connectivity index (χ4n) is 2.73. The molecule has 27 heavy (non-hydrogen) atoms. The zero-order chi connectivity index (χ0) is 18.8. The van der Waals surface area contributed by atoms with Gasteiger partial charge in [-0.25, -0.2) is 13.8 Å². The van der Waals surface area contributed by atoms with Gasteiger partial charge in [0, 0.05) is 5.56 Å². The van der Waals surface area contributed by atoms with E-state index >= 15 is 0 Å². The van der Waals surface area contributed by atoms with Crippen LogP contribution in [0.3, 0.4) is 0 Å². The minimum absolute atomic E-state index is 0.0613. The Morgan fingerprint density at radius 2 is 1.74 bits per heavy atom. The summed E-state index contributed by atoms with van der Waals surface area (Å²) >= 11 is 0. The number of aromatic nitrogens is 2. The van der Waals surface area contributed by atoms with Crippen LogP contribution < -0.4 is 10.3 Å². The molecule has 134 valence electrons. The molecule has 0 spiro atoms. The second-order valence-electron chi connectivity index (χ2n) is 5.99. The highest BCUT2D eigenvalue weighted by Gasteiger charge is 2.10. The topological polar surface area (TPSA) is 55.0 Å². The summed E-state index contributed by atoms with van der Waals surface area (Å²) in [4.78, 5) is 19.2. The quantitative estimate of drug-likeness (QED) is 0.582. The highest BCUT2D eigenvalue weighted by atomic mass is 19.1. The fraction of sp³-hybridized carbons (Fsp3) is 0.0476. The van der Waals surface area contributed by atoms with E-state index in [0.717, 1.165) is 5.56 Å². The fourth-order valence-corrected chi connectivity index (χ4v) is 2.73. The largest absolute Gasteiger partial charge is 0.486 e. The van der Waals surface area contributed by atoms with Crippen molar-refractivity contribution in [3.05, 3.63) is 94.3 Å². The van der Waals surface area contributed by atoms with Crippen LogP contribution in [0.2, 0.25) is 0 Å². The number of hydrogen-bond acceptors (Lipinski definition) is 3. The van der Waals surface area contributed by atoms with Crippen molar-refractivity contribution < 1.29 is 13.5 Å². The molecule has 4 nitrogen and oxygen atoms in total. The van der Waals surface area contributed by atoms with Crippen LogP contribution in [0.5, 0.6) is 5.75 Å². The van der Waals surface area contributed by atoms with Crippen molar-refractivity contribution in [3.8, 4) is 17.1 Å².